The SMILES string of the molecule is COc1ccc2nccc(C(O)C[C@H]3CC(NCCNc4cccc(F)c4)CCN3)c2c1. The summed E-state index contributed by atoms with van der Waals surface area (Å²) in [5, 5.41) is 22.3. The van der Waals surface area contributed by atoms with Crippen molar-refractivity contribution in [3.05, 3.63) is 66.1 Å². The third-order valence-corrected chi connectivity index (χ3v) is 6.06. The number of pyridine rings is 1. The number of nitrogens with zero attached hydrogens (tertiary/aromatic N) is 1. The molecule has 2 unspecified atom stereocenters. The monoisotopic (exact) mass is 438 g/mol. The van der Waals surface area contributed by atoms with E-state index in [9.17, 15) is 9.50 Å². The maximum Gasteiger partial charge on any atom is 0.125 e. The maximum atomic E-state index is 13.3. The number of nitrogens with one attached hydrogen (secondary N) is 3. The summed E-state index contributed by atoms with van der Waals surface area (Å²) in [6.45, 7) is 2.44. The summed E-state index contributed by atoms with van der Waals surface area (Å²) in [6.07, 6.45) is 3.79. The molecule has 1 aromatic heterocycles. The Bertz CT molecular complexity index is 1030. The molecule has 0 saturated carbocycles. The molecule has 7 heteroatoms. The first-order valence-electron chi connectivity index (χ1n) is 11.2. The lowest BCUT2D eigenvalue weighted by molar-refractivity contribution is 0.141. The van der Waals surface area contributed by atoms with E-state index in [2.05, 4.69) is 20.9 Å². The van der Waals surface area contributed by atoms with Gasteiger partial charge < -0.3 is 25.8 Å². The predicted octanol–water partition coefficient (Wildman–Crippen LogP) is 3.63. The van der Waals surface area contributed by atoms with Crippen LogP contribution in [-0.2, 0) is 0 Å². The second-order valence-corrected chi connectivity index (χ2v) is 8.30. The third-order valence-electron chi connectivity index (χ3n) is 6.06. The van der Waals surface area contributed by atoms with Crippen molar-refractivity contribution >= 4 is 16.6 Å². The molecular weight excluding hydrogens is 407 g/mol. The van der Waals surface area contributed by atoms with Gasteiger partial charge in [0, 0.05) is 42.4 Å². The van der Waals surface area contributed by atoms with Crippen LogP contribution in [-0.4, -0.2) is 48.9 Å². The maximum absolute atomic E-state index is 13.3. The lowest BCUT2D eigenvalue weighted by atomic mass is 9.92. The molecule has 2 aromatic carbocycles. The van der Waals surface area contributed by atoms with Gasteiger partial charge in [-0.1, -0.05) is 6.07 Å². The molecule has 1 aliphatic rings. The van der Waals surface area contributed by atoms with E-state index in [4.69, 9.17) is 4.74 Å². The molecule has 1 saturated heterocycles. The highest BCUT2D eigenvalue weighted by Gasteiger charge is 2.24. The van der Waals surface area contributed by atoms with Gasteiger partial charge in [0.25, 0.3) is 0 Å². The second kappa shape index (κ2) is 10.7. The average Bonchev–Trinajstić information content (AvgIpc) is 2.81. The second-order valence-electron chi connectivity index (χ2n) is 8.30. The molecule has 6 nitrogen and oxygen atoms in total. The van der Waals surface area contributed by atoms with Crippen LogP contribution in [0.1, 0.15) is 30.9 Å². The lowest BCUT2D eigenvalue weighted by Crippen LogP contribution is -2.47. The van der Waals surface area contributed by atoms with Gasteiger partial charge in [-0.05, 0) is 73.8 Å². The van der Waals surface area contributed by atoms with Gasteiger partial charge in [-0.3, -0.25) is 4.98 Å². The summed E-state index contributed by atoms with van der Waals surface area (Å²) < 4.78 is 18.6. The number of anilines is 1. The molecule has 0 radical (unpaired) electrons. The van der Waals surface area contributed by atoms with Gasteiger partial charge in [-0.2, -0.15) is 0 Å². The number of fused-ring (bicyclic) bond motifs is 1. The Labute approximate surface area is 188 Å². The smallest absolute Gasteiger partial charge is 0.125 e. The number of hydrogen-bond acceptors (Lipinski definition) is 6. The highest BCUT2D eigenvalue weighted by atomic mass is 19.1. The fourth-order valence-electron chi connectivity index (χ4n) is 4.41. The van der Waals surface area contributed by atoms with Crippen LogP contribution in [0.25, 0.3) is 10.9 Å². The van der Waals surface area contributed by atoms with Crippen LogP contribution in [0.3, 0.4) is 0 Å². The fourth-order valence-corrected chi connectivity index (χ4v) is 4.41. The highest BCUT2D eigenvalue weighted by Crippen LogP contribution is 2.30. The van der Waals surface area contributed by atoms with Gasteiger partial charge in [0.15, 0.2) is 0 Å². The summed E-state index contributed by atoms with van der Waals surface area (Å²) in [5.41, 5.74) is 2.52. The number of aliphatic hydroxyl groups is 1. The van der Waals surface area contributed by atoms with Crippen LogP contribution in [0.15, 0.2) is 54.7 Å². The Morgan fingerprint density at radius 2 is 2.12 bits per heavy atom. The molecule has 1 aliphatic heterocycles. The Morgan fingerprint density at radius 3 is 2.97 bits per heavy atom. The Kier molecular flexibility index (Phi) is 7.52. The number of methoxy groups -OCH3 is 1. The van der Waals surface area contributed by atoms with Gasteiger partial charge in [-0.25, -0.2) is 4.39 Å². The minimum atomic E-state index is -0.585. The van der Waals surface area contributed by atoms with Crippen LogP contribution >= 0.6 is 0 Å². The van der Waals surface area contributed by atoms with E-state index in [-0.39, 0.29) is 11.9 Å². The fraction of sp³-hybridized carbons (Fsp3) is 0.400. The molecule has 2 heterocycles. The minimum absolute atomic E-state index is 0.223. The van der Waals surface area contributed by atoms with E-state index in [0.29, 0.717) is 12.5 Å². The van der Waals surface area contributed by atoms with E-state index in [1.165, 1.54) is 12.1 Å². The van der Waals surface area contributed by atoms with Crippen molar-refractivity contribution in [1.29, 1.82) is 0 Å². The number of aliphatic hydroxyl groups excluding tert-OH is 1. The van der Waals surface area contributed by atoms with Crippen LogP contribution < -0.4 is 20.7 Å². The lowest BCUT2D eigenvalue weighted by Gasteiger charge is -2.32. The van der Waals surface area contributed by atoms with Gasteiger partial charge in [-0.15, -0.1) is 0 Å². The van der Waals surface area contributed by atoms with Gasteiger partial charge >= 0.3 is 0 Å². The zero-order valence-corrected chi connectivity index (χ0v) is 18.4. The number of rotatable bonds is 9. The standard InChI is InChI=1S/C25H31FN4O2/c1-32-21-5-6-24-23(16-21)22(8-10-30-24)25(31)15-20-14-19(7-9-27-20)29-12-11-28-18-4-2-3-17(26)13-18/h2-6,8,10,13,16,19-20,25,27-29,31H,7,9,11-12,14-15H2,1H3/t19?,20-,25?/m1/s1. The van der Waals surface area contributed by atoms with E-state index in [0.717, 1.165) is 60.4 Å². The summed E-state index contributed by atoms with van der Waals surface area (Å²) in [6, 6.07) is 14.7. The molecule has 1 fully saturated rings. The van der Waals surface area contributed by atoms with Crippen molar-refractivity contribution in [2.45, 2.75) is 37.5 Å². The van der Waals surface area contributed by atoms with Gasteiger partial charge in [0.2, 0.25) is 0 Å². The Morgan fingerprint density at radius 1 is 1.22 bits per heavy atom. The first-order chi connectivity index (χ1) is 15.6. The van der Waals surface area contributed by atoms with E-state index in [1.54, 1.807) is 19.4 Å². The number of ether oxygens (including phenoxy) is 1. The normalized spacial score (nSPS) is 19.6. The molecule has 0 aliphatic carbocycles. The van der Waals surface area contributed by atoms with E-state index >= 15 is 0 Å². The quantitative estimate of drug-likeness (QED) is 0.382. The van der Waals surface area contributed by atoms with Gasteiger partial charge in [0.1, 0.15) is 11.6 Å². The zero-order chi connectivity index (χ0) is 22.3. The largest absolute Gasteiger partial charge is 0.497 e. The molecule has 4 N–H and O–H groups in total. The summed E-state index contributed by atoms with van der Waals surface area (Å²) in [4.78, 5) is 4.41. The molecule has 170 valence electrons. The number of piperidine rings is 1. The van der Waals surface area contributed by atoms with Crippen LogP contribution in [0.2, 0.25) is 0 Å². The van der Waals surface area contributed by atoms with Crippen molar-refractivity contribution < 1.29 is 14.2 Å². The van der Waals surface area contributed by atoms with Crippen molar-refractivity contribution in [3.63, 3.8) is 0 Å². The minimum Gasteiger partial charge on any atom is -0.497 e. The third kappa shape index (κ3) is 5.73. The van der Waals surface area contributed by atoms with Crippen molar-refractivity contribution in [2.24, 2.45) is 0 Å². The summed E-state index contributed by atoms with van der Waals surface area (Å²) in [5.74, 6) is 0.522. The van der Waals surface area contributed by atoms with Gasteiger partial charge in [0.05, 0.1) is 18.7 Å². The van der Waals surface area contributed by atoms with E-state index < -0.39 is 6.10 Å². The van der Waals surface area contributed by atoms with Crippen molar-refractivity contribution in [2.75, 3.05) is 32.1 Å². The van der Waals surface area contributed by atoms with Crippen molar-refractivity contribution in [3.8, 4) is 5.75 Å². The number of halogens is 1. The first kappa shape index (κ1) is 22.5. The highest BCUT2D eigenvalue weighted by molar-refractivity contribution is 5.83. The van der Waals surface area contributed by atoms with Crippen LogP contribution in [0.5, 0.6) is 5.75 Å². The van der Waals surface area contributed by atoms with Crippen LogP contribution in [0.4, 0.5) is 10.1 Å². The number of aromatic nitrogens is 1. The topological polar surface area (TPSA) is 78.4 Å². The Balaban J connectivity index is 1.29. The molecule has 0 amide bonds. The first-order valence-corrected chi connectivity index (χ1v) is 11.2. The number of benzene rings is 2. The van der Waals surface area contributed by atoms with Crippen molar-refractivity contribution in [1.82, 2.24) is 15.6 Å². The molecule has 3 atom stereocenters. The molecule has 4 rings (SSSR count). The summed E-state index contributed by atoms with van der Waals surface area (Å²) >= 11 is 0. The summed E-state index contributed by atoms with van der Waals surface area (Å²) in [7, 11) is 1.64. The Hall–Kier alpha value is -2.74. The molecule has 0 bridgehead atoms. The molecular formula is C25H31FN4O2. The average molecular weight is 439 g/mol. The van der Waals surface area contributed by atoms with E-state index in [1.807, 2.05) is 30.3 Å². The predicted molar refractivity (Wildman–Crippen MR) is 126 cm³/mol. The number of hydrogen-bond donors (Lipinski definition) is 4. The molecule has 3 aromatic rings. The molecule has 0 spiro atoms. The van der Waals surface area contributed by atoms with Crippen LogP contribution in [0, 0.1) is 5.82 Å². The zero-order valence-electron chi connectivity index (χ0n) is 18.4. The molecule has 32 heavy (non-hydrogen) atoms.